The van der Waals surface area contributed by atoms with Gasteiger partial charge in [0.2, 0.25) is 0 Å². The highest BCUT2D eigenvalue weighted by atomic mass is 16.7. The fourth-order valence-electron chi connectivity index (χ4n) is 2.45. The number of nitrogens with zero attached hydrogens (tertiary/aromatic N) is 4. The smallest absolute Gasteiger partial charge is 0.352 e. The molecule has 0 radical (unpaired) electrons. The average Bonchev–Trinajstić information content (AvgIpc) is 2.90. The maximum atomic E-state index is 12.3. The van der Waals surface area contributed by atoms with Gasteiger partial charge in [0.25, 0.3) is 0 Å². The first kappa shape index (κ1) is 15.7. The lowest BCUT2D eigenvalue weighted by atomic mass is 10.1. The number of methoxy groups -OCH3 is 1. The molecule has 0 saturated carbocycles. The molecule has 1 N–H and O–H groups in total. The van der Waals surface area contributed by atoms with Gasteiger partial charge in [-0.1, -0.05) is 0 Å². The van der Waals surface area contributed by atoms with Crippen LogP contribution in [-0.2, 0) is 22.2 Å². The van der Waals surface area contributed by atoms with Gasteiger partial charge in [-0.25, -0.2) is 9.69 Å². The molecule has 2 amide bonds. The van der Waals surface area contributed by atoms with Gasteiger partial charge in [-0.3, -0.25) is 9.52 Å². The van der Waals surface area contributed by atoms with Crippen LogP contribution in [-0.4, -0.2) is 52.5 Å². The fraction of sp³-hybridized carbons (Fsp3) is 0.692. The van der Waals surface area contributed by atoms with E-state index in [1.54, 1.807) is 31.8 Å². The monoisotopic (exact) mass is 298 g/mol. The summed E-state index contributed by atoms with van der Waals surface area (Å²) in [4.78, 5) is 18.5. The number of carbonyl (C=O) groups is 1. The number of hydrogen-bond acceptors (Lipinski definition) is 5. The van der Waals surface area contributed by atoms with Crippen LogP contribution in [0.4, 0.5) is 10.6 Å². The molecule has 1 fully saturated rings. The van der Waals surface area contributed by atoms with Crippen LogP contribution in [0.2, 0.25) is 0 Å². The van der Waals surface area contributed by atoms with Gasteiger partial charge in [0.05, 0.1) is 12.8 Å². The lowest BCUT2D eigenvalue weighted by Gasteiger charge is -2.22. The maximum Gasteiger partial charge on any atom is 0.352 e. The number of ether oxygens (including phenoxy) is 1. The number of aryl methyl sites for hydroxylation is 1. The number of urea groups is 1. The second-order valence-electron chi connectivity index (χ2n) is 5.54. The molecule has 118 valence electrons. The van der Waals surface area contributed by atoms with Crippen molar-refractivity contribution in [3.8, 4) is 0 Å². The van der Waals surface area contributed by atoms with Crippen LogP contribution in [0.25, 0.3) is 0 Å². The van der Waals surface area contributed by atoms with Gasteiger partial charge < -0.3 is 9.84 Å². The van der Waals surface area contributed by atoms with E-state index in [0.717, 1.165) is 10.8 Å². The summed E-state index contributed by atoms with van der Waals surface area (Å²) in [6, 6.07) is 0.803. The summed E-state index contributed by atoms with van der Waals surface area (Å²) in [5.41, 5.74) is 0.240. The van der Waals surface area contributed by atoms with Gasteiger partial charge in [-0.2, -0.15) is 10.2 Å². The second kappa shape index (κ2) is 5.28. The molecule has 0 spiro atoms. The molecule has 2 atom stereocenters. The first-order chi connectivity index (χ1) is 9.74. The van der Waals surface area contributed by atoms with Crippen molar-refractivity contribution in [1.82, 2.24) is 14.8 Å². The van der Waals surface area contributed by atoms with Crippen molar-refractivity contribution in [2.45, 2.75) is 38.6 Å². The molecule has 0 bridgehead atoms. The second-order valence-corrected chi connectivity index (χ2v) is 5.54. The number of rotatable bonds is 4. The predicted molar refractivity (Wildman–Crippen MR) is 75.4 cm³/mol. The summed E-state index contributed by atoms with van der Waals surface area (Å²) < 4.78 is 7.07. The number of anilines is 1. The third-order valence-electron chi connectivity index (χ3n) is 3.90. The molecule has 2 rings (SSSR count). The molecule has 1 aliphatic rings. The van der Waals surface area contributed by atoms with Crippen LogP contribution in [0.1, 0.15) is 26.5 Å². The van der Waals surface area contributed by atoms with E-state index in [-0.39, 0.29) is 0 Å². The summed E-state index contributed by atoms with van der Waals surface area (Å²) in [7, 11) is 4.77. The zero-order valence-corrected chi connectivity index (χ0v) is 13.2. The van der Waals surface area contributed by atoms with E-state index in [1.807, 2.05) is 13.8 Å². The molecule has 1 aromatic rings. The maximum absolute atomic E-state index is 12.3. The Kier molecular flexibility index (Phi) is 3.96. The standard InChI is InChI=1S/C13H22N4O4/c1-8-11(18)16(12(19)17(8)21-6)10-7-9(15(4)14-10)13(2,3)20-5/h7-8,11,18H,1-6H3. The number of aliphatic hydroxyl groups is 1. The zero-order chi connectivity index (χ0) is 15.9. The number of hydroxylamine groups is 2. The summed E-state index contributed by atoms with van der Waals surface area (Å²) >= 11 is 0. The van der Waals surface area contributed by atoms with E-state index in [4.69, 9.17) is 9.57 Å². The molecular weight excluding hydrogens is 276 g/mol. The van der Waals surface area contributed by atoms with Gasteiger partial charge in [-0.15, -0.1) is 0 Å². The van der Waals surface area contributed by atoms with Crippen molar-refractivity contribution in [2.24, 2.45) is 7.05 Å². The van der Waals surface area contributed by atoms with E-state index in [0.29, 0.717) is 5.82 Å². The Morgan fingerprint density at radius 1 is 1.38 bits per heavy atom. The van der Waals surface area contributed by atoms with E-state index in [9.17, 15) is 9.90 Å². The normalized spacial score (nSPS) is 23.3. The lowest BCUT2D eigenvalue weighted by Crippen LogP contribution is -2.35. The summed E-state index contributed by atoms with van der Waals surface area (Å²) in [6.45, 7) is 5.51. The Balaban J connectivity index is 2.40. The Labute approximate surface area is 123 Å². The molecule has 21 heavy (non-hydrogen) atoms. The van der Waals surface area contributed by atoms with Crippen LogP contribution in [0.3, 0.4) is 0 Å². The molecule has 8 heteroatoms. The van der Waals surface area contributed by atoms with Crippen LogP contribution < -0.4 is 4.90 Å². The molecule has 8 nitrogen and oxygen atoms in total. The summed E-state index contributed by atoms with van der Waals surface area (Å²) in [5, 5.41) is 15.7. The minimum atomic E-state index is -1.02. The minimum absolute atomic E-state index is 0.363. The Morgan fingerprint density at radius 3 is 2.48 bits per heavy atom. The van der Waals surface area contributed by atoms with Gasteiger partial charge in [0, 0.05) is 20.2 Å². The summed E-state index contributed by atoms with van der Waals surface area (Å²) in [6.07, 6.45) is -1.02. The largest absolute Gasteiger partial charge is 0.373 e. The first-order valence-corrected chi connectivity index (χ1v) is 6.69. The van der Waals surface area contributed by atoms with Crippen molar-refractivity contribution in [1.29, 1.82) is 0 Å². The van der Waals surface area contributed by atoms with Crippen LogP contribution in [0.5, 0.6) is 0 Å². The zero-order valence-electron chi connectivity index (χ0n) is 13.2. The first-order valence-electron chi connectivity index (χ1n) is 6.69. The van der Waals surface area contributed by atoms with Crippen molar-refractivity contribution in [3.05, 3.63) is 11.8 Å². The van der Waals surface area contributed by atoms with E-state index in [2.05, 4.69) is 5.10 Å². The summed E-state index contributed by atoms with van der Waals surface area (Å²) in [5.74, 6) is 0.363. The number of carbonyl (C=O) groups excluding carboxylic acids is 1. The Bertz CT molecular complexity index is 542. The molecule has 1 aromatic heterocycles. The molecular formula is C13H22N4O4. The highest BCUT2D eigenvalue weighted by Crippen LogP contribution is 2.31. The van der Waals surface area contributed by atoms with Crippen molar-refractivity contribution in [2.75, 3.05) is 19.1 Å². The molecule has 0 aromatic carbocycles. The van der Waals surface area contributed by atoms with Crippen molar-refractivity contribution < 1.29 is 19.5 Å². The number of amides is 2. The Morgan fingerprint density at radius 2 is 2.00 bits per heavy atom. The fourth-order valence-corrected chi connectivity index (χ4v) is 2.45. The van der Waals surface area contributed by atoms with Crippen LogP contribution >= 0.6 is 0 Å². The molecule has 0 aliphatic carbocycles. The highest BCUT2D eigenvalue weighted by Gasteiger charge is 2.45. The average molecular weight is 298 g/mol. The minimum Gasteiger partial charge on any atom is -0.373 e. The van der Waals surface area contributed by atoms with E-state index >= 15 is 0 Å². The number of aliphatic hydroxyl groups excluding tert-OH is 1. The van der Waals surface area contributed by atoms with Gasteiger partial charge >= 0.3 is 6.03 Å². The van der Waals surface area contributed by atoms with Crippen molar-refractivity contribution in [3.63, 3.8) is 0 Å². The van der Waals surface area contributed by atoms with Gasteiger partial charge in [0.15, 0.2) is 12.0 Å². The third-order valence-corrected chi connectivity index (χ3v) is 3.90. The Hall–Kier alpha value is -1.64. The lowest BCUT2D eigenvalue weighted by molar-refractivity contribution is -0.111. The van der Waals surface area contributed by atoms with Crippen molar-refractivity contribution >= 4 is 11.8 Å². The van der Waals surface area contributed by atoms with Gasteiger partial charge in [0.1, 0.15) is 11.6 Å². The topological polar surface area (TPSA) is 80.1 Å². The van der Waals surface area contributed by atoms with Gasteiger partial charge in [-0.05, 0) is 20.8 Å². The van der Waals surface area contributed by atoms with Crippen LogP contribution in [0.15, 0.2) is 6.07 Å². The van der Waals surface area contributed by atoms with Crippen LogP contribution in [0, 0.1) is 0 Å². The quantitative estimate of drug-likeness (QED) is 0.890. The molecule has 2 heterocycles. The SMILES string of the molecule is CON1C(=O)N(c2cc(C(C)(C)OC)n(C)n2)C(O)C1C. The van der Waals surface area contributed by atoms with E-state index < -0.39 is 23.9 Å². The highest BCUT2D eigenvalue weighted by molar-refractivity contribution is 5.93. The molecule has 1 saturated heterocycles. The van der Waals surface area contributed by atoms with E-state index in [1.165, 1.54) is 12.0 Å². The number of hydrogen-bond donors (Lipinski definition) is 1. The molecule has 2 unspecified atom stereocenters. The molecule has 1 aliphatic heterocycles. The number of aromatic nitrogens is 2. The third kappa shape index (κ3) is 2.39. The predicted octanol–water partition coefficient (Wildman–Crippen LogP) is 0.812.